The molecule has 2 aromatic carbocycles. The van der Waals surface area contributed by atoms with Gasteiger partial charge >= 0.3 is 6.03 Å². The first-order valence-electron chi connectivity index (χ1n) is 7.17. The molecule has 1 aliphatic rings. The molecule has 0 bridgehead atoms. The van der Waals surface area contributed by atoms with E-state index in [0.717, 1.165) is 4.90 Å². The number of rotatable bonds is 4. The first-order valence-corrected chi connectivity index (χ1v) is 9.37. The Morgan fingerprint density at radius 1 is 1.00 bits per heavy atom. The largest absolute Gasteiger partial charge is 0.346 e. The van der Waals surface area contributed by atoms with Gasteiger partial charge in [0.2, 0.25) is 0 Å². The van der Waals surface area contributed by atoms with E-state index in [9.17, 15) is 22.8 Å². The molecule has 0 spiro atoms. The summed E-state index contributed by atoms with van der Waals surface area (Å²) in [6.45, 7) is -0.535. The van der Waals surface area contributed by atoms with Crippen LogP contribution in [0.2, 0.25) is 5.02 Å². The Hall–Kier alpha value is -2.42. The molecule has 0 atom stereocenters. The molecule has 0 aromatic heterocycles. The van der Waals surface area contributed by atoms with Gasteiger partial charge in [-0.2, -0.15) is 0 Å². The summed E-state index contributed by atoms with van der Waals surface area (Å²) in [5.74, 6) is -0.943. The van der Waals surface area contributed by atoms with Crippen molar-refractivity contribution in [3.8, 4) is 0 Å². The second kappa shape index (κ2) is 6.71. The fourth-order valence-electron chi connectivity index (χ4n) is 2.50. The number of hydrogen-bond donors (Lipinski definition) is 0. The average Bonchev–Trinajstić information content (AvgIpc) is 2.90. The molecule has 1 saturated heterocycles. The Labute approximate surface area is 158 Å². The minimum Gasteiger partial charge on any atom is -0.283 e. The van der Waals surface area contributed by atoms with Crippen molar-refractivity contribution in [1.29, 1.82) is 0 Å². The molecular formula is C16H10Cl2N2O5S. The van der Waals surface area contributed by atoms with Crippen molar-refractivity contribution < 1.29 is 22.8 Å². The van der Waals surface area contributed by atoms with Gasteiger partial charge in [0.25, 0.3) is 21.2 Å². The van der Waals surface area contributed by atoms with Crippen LogP contribution in [-0.2, 0) is 14.8 Å². The monoisotopic (exact) mass is 412 g/mol. The normalized spacial score (nSPS) is 14.8. The summed E-state index contributed by atoms with van der Waals surface area (Å²) in [5, 5.41) is -0.529. The highest BCUT2D eigenvalue weighted by Gasteiger charge is 2.46. The molecule has 0 radical (unpaired) electrons. The second-order valence-electron chi connectivity index (χ2n) is 5.28. The summed E-state index contributed by atoms with van der Waals surface area (Å²) in [7, 11) is -4.41. The van der Waals surface area contributed by atoms with E-state index in [1.807, 2.05) is 0 Å². The lowest BCUT2D eigenvalue weighted by atomic mass is 10.2. The topological polar surface area (TPSA) is 91.8 Å². The molecule has 0 aliphatic carbocycles. The smallest absolute Gasteiger partial charge is 0.283 e. The fraction of sp³-hybridized carbons (Fsp3) is 0.0625. The third kappa shape index (κ3) is 3.07. The lowest BCUT2D eigenvalue weighted by molar-refractivity contribution is -0.121. The molecule has 10 heteroatoms. The number of para-hydroxylation sites is 1. The summed E-state index contributed by atoms with van der Waals surface area (Å²) in [4.78, 5) is 37.1. The number of benzene rings is 2. The number of carbonyl (C=O) groups is 3. The minimum atomic E-state index is -4.41. The van der Waals surface area contributed by atoms with Gasteiger partial charge in [0.05, 0.1) is 16.1 Å². The van der Waals surface area contributed by atoms with E-state index >= 15 is 0 Å². The van der Waals surface area contributed by atoms with Gasteiger partial charge in [0.15, 0.2) is 0 Å². The molecule has 1 aliphatic heterocycles. The molecule has 0 N–H and O–H groups in total. The predicted molar refractivity (Wildman–Crippen MR) is 94.9 cm³/mol. The van der Waals surface area contributed by atoms with Gasteiger partial charge in [0.1, 0.15) is 6.54 Å². The molecule has 3 rings (SSSR count). The van der Waals surface area contributed by atoms with Crippen LogP contribution >= 0.6 is 23.2 Å². The van der Waals surface area contributed by atoms with Crippen molar-refractivity contribution >= 4 is 56.1 Å². The quantitative estimate of drug-likeness (QED) is 0.568. The maximum Gasteiger partial charge on any atom is 0.346 e. The number of nitrogens with zero attached hydrogens (tertiary/aromatic N) is 2. The predicted octanol–water partition coefficient (Wildman–Crippen LogP) is 2.88. The van der Waals surface area contributed by atoms with Crippen molar-refractivity contribution in [3.63, 3.8) is 0 Å². The highest BCUT2D eigenvalue weighted by Crippen LogP contribution is 2.29. The number of halogens is 2. The molecule has 2 aromatic rings. The van der Waals surface area contributed by atoms with E-state index in [-0.39, 0.29) is 20.5 Å². The lowest BCUT2D eigenvalue weighted by Gasteiger charge is -2.18. The molecule has 26 heavy (non-hydrogen) atoms. The van der Waals surface area contributed by atoms with Crippen LogP contribution in [0.15, 0.2) is 53.4 Å². The van der Waals surface area contributed by atoms with Crippen LogP contribution in [0.4, 0.5) is 10.5 Å². The Morgan fingerprint density at radius 2 is 1.62 bits per heavy atom. The molecule has 134 valence electrons. The minimum absolute atomic E-state index is 0.0129. The second-order valence-corrected chi connectivity index (χ2v) is 7.84. The molecule has 3 amide bonds. The molecule has 1 heterocycles. The summed E-state index contributed by atoms with van der Waals surface area (Å²) in [6.07, 6.45) is 0. The van der Waals surface area contributed by atoms with E-state index in [0.29, 0.717) is 5.02 Å². The SMILES string of the molecule is O=C(Cl)c1ccccc1N1CC(=O)N(S(=O)(=O)c2ccc(Cl)cc2)C1=O. The van der Waals surface area contributed by atoms with Crippen molar-refractivity contribution in [2.24, 2.45) is 0 Å². The third-order valence-corrected chi connectivity index (χ3v) is 5.85. The van der Waals surface area contributed by atoms with Crippen LogP contribution in [0, 0.1) is 0 Å². The van der Waals surface area contributed by atoms with Crippen LogP contribution in [0.25, 0.3) is 0 Å². The van der Waals surface area contributed by atoms with Crippen LogP contribution in [0.5, 0.6) is 0 Å². The Bertz CT molecular complexity index is 1020. The first kappa shape index (κ1) is 18.4. The highest BCUT2D eigenvalue weighted by atomic mass is 35.5. The molecule has 7 nitrogen and oxygen atoms in total. The van der Waals surface area contributed by atoms with Gasteiger partial charge in [-0.25, -0.2) is 13.2 Å². The van der Waals surface area contributed by atoms with E-state index in [4.69, 9.17) is 23.2 Å². The van der Waals surface area contributed by atoms with Gasteiger partial charge in [0, 0.05) is 5.02 Å². The van der Waals surface area contributed by atoms with Gasteiger partial charge in [-0.3, -0.25) is 14.5 Å². The molecule has 1 fully saturated rings. The summed E-state index contributed by atoms with van der Waals surface area (Å²) in [5.41, 5.74) is 0.0423. The zero-order valence-electron chi connectivity index (χ0n) is 12.9. The van der Waals surface area contributed by atoms with Crippen molar-refractivity contribution in [2.45, 2.75) is 4.90 Å². The van der Waals surface area contributed by atoms with Gasteiger partial charge in [-0.15, -0.1) is 4.31 Å². The summed E-state index contributed by atoms with van der Waals surface area (Å²) >= 11 is 11.2. The maximum absolute atomic E-state index is 12.7. The average molecular weight is 413 g/mol. The van der Waals surface area contributed by atoms with E-state index in [1.54, 1.807) is 0 Å². The third-order valence-electron chi connectivity index (χ3n) is 3.68. The van der Waals surface area contributed by atoms with E-state index < -0.39 is 33.7 Å². The zero-order chi connectivity index (χ0) is 19.1. The first-order chi connectivity index (χ1) is 12.2. The van der Waals surface area contributed by atoms with Gasteiger partial charge in [-0.1, -0.05) is 23.7 Å². The number of hydrogen-bond acceptors (Lipinski definition) is 5. The number of carbonyl (C=O) groups excluding carboxylic acids is 3. The summed E-state index contributed by atoms with van der Waals surface area (Å²) in [6, 6.07) is 9.80. The molecular weight excluding hydrogens is 403 g/mol. The van der Waals surface area contributed by atoms with Crippen molar-refractivity contribution in [2.75, 3.05) is 11.4 Å². The van der Waals surface area contributed by atoms with Gasteiger partial charge < -0.3 is 0 Å². The van der Waals surface area contributed by atoms with E-state index in [2.05, 4.69) is 0 Å². The Balaban J connectivity index is 2.03. The van der Waals surface area contributed by atoms with Crippen LogP contribution in [0.1, 0.15) is 10.4 Å². The molecule has 0 unspecified atom stereocenters. The Kier molecular flexibility index (Phi) is 4.74. The Morgan fingerprint density at radius 3 is 2.23 bits per heavy atom. The van der Waals surface area contributed by atoms with Crippen LogP contribution in [0.3, 0.4) is 0 Å². The number of amides is 3. The van der Waals surface area contributed by atoms with Crippen LogP contribution < -0.4 is 4.90 Å². The van der Waals surface area contributed by atoms with Crippen LogP contribution in [-0.4, -0.2) is 36.4 Å². The van der Waals surface area contributed by atoms with Gasteiger partial charge in [-0.05, 0) is 48.0 Å². The number of imide groups is 1. The maximum atomic E-state index is 12.7. The fourth-order valence-corrected chi connectivity index (χ4v) is 4.10. The standard InChI is InChI=1S/C16H10Cl2N2O5S/c17-10-5-7-11(8-6-10)26(24,25)20-14(21)9-19(16(20)23)13-4-2-1-3-12(13)15(18)22/h1-8H,9H2. The lowest BCUT2D eigenvalue weighted by Crippen LogP contribution is -2.38. The van der Waals surface area contributed by atoms with Crippen molar-refractivity contribution in [1.82, 2.24) is 4.31 Å². The number of anilines is 1. The number of urea groups is 1. The zero-order valence-corrected chi connectivity index (χ0v) is 15.3. The summed E-state index contributed by atoms with van der Waals surface area (Å²) < 4.78 is 25.5. The van der Waals surface area contributed by atoms with Crippen molar-refractivity contribution in [3.05, 3.63) is 59.1 Å². The molecule has 0 saturated carbocycles. The highest BCUT2D eigenvalue weighted by molar-refractivity contribution is 7.90. The number of sulfonamides is 1. The van der Waals surface area contributed by atoms with E-state index in [1.165, 1.54) is 48.5 Å².